The molecule has 0 radical (unpaired) electrons. The standard InChI is InChI=1S/C83H139N21O21S2/c1-10-47(6)67(103-78(119)62(43-105)92-65(109)42-90-70(111)53(88)32-37-127-9)81(122)102-66(46(4)5)80(121)99-60(41-64(89)108)76(117)98-59(39-50-22-12-11-13-23-50)77(118)104-68(49(8)106)82(123)96-57(27-17-21-36-87)72(113)94-54(24-14-18-33-84)71(112)91-48(7)69(110)93-55(25-15-19-34-85)73(114)97-58(38-45(2)3)75(116)101-63(44-126)79(120)95-56(26-16-20-35-86)74(115)100-61(83(124)125)40-51-28-30-52(107)31-29-51/h11-13,22-23,28-31,45-49,53-63,66-68,105-107,126H,10,14-21,24-27,32-44,84-88H2,1-9H3,(H2,89,108)(H,90,111)(H,91,112)(H,92,109)(H,93,110)(H,94,113)(H,95,120)(H,96,123)(H,97,114)(H,98,117)(H,99,121)(H,100,115)(H,101,116)(H,102,122)(H,103,119)(H,104,118)(H,124,125)/t47-,48-,49+,53-,54-,55-,56-,57-,58-,59-,60-,61-,62-,63-,66-,67-,68-/m0/s1. The third-order valence-electron chi connectivity index (χ3n) is 20.5. The first-order valence-electron chi connectivity index (χ1n) is 42.9. The fourth-order valence-electron chi connectivity index (χ4n) is 12.8. The van der Waals surface area contributed by atoms with Crippen molar-refractivity contribution in [2.75, 3.05) is 57.1 Å². The predicted molar refractivity (Wildman–Crippen MR) is 478 cm³/mol. The van der Waals surface area contributed by atoms with Crippen molar-refractivity contribution in [1.29, 1.82) is 0 Å². The molecule has 42 nitrogen and oxygen atoms in total. The summed E-state index contributed by atoms with van der Waals surface area (Å²) < 4.78 is 0. The van der Waals surface area contributed by atoms with Gasteiger partial charge in [0, 0.05) is 18.6 Å². The number of hydrogen-bond donors (Lipinski definition) is 26. The first kappa shape index (κ1) is 113. The number of carbonyl (C=O) groups excluding carboxylic acids is 16. The SMILES string of the molecule is CC[C@H](C)[C@H](NC(=O)[C@H](CO)NC(=O)CNC(=O)[C@@H](N)CCSC)C(=O)N[C@H](C(=O)N[C@@H](CC(N)=O)C(=O)N[C@@H](Cc1ccccc1)C(=O)N[C@H](C(=O)N[C@@H](CCCCN)C(=O)N[C@@H](CCCCN)C(=O)N[C@@H](C)C(=O)N[C@@H](CCCCN)C(=O)N[C@@H](CC(C)C)C(=O)N[C@@H](CS)C(=O)N[C@@H](CCCCN)C(=O)N[C@@H](Cc1ccc(O)cc1)C(=O)O)[C@@H](C)O)C(C)C. The van der Waals surface area contributed by atoms with Crippen molar-refractivity contribution in [1.82, 2.24) is 79.8 Å². The maximum atomic E-state index is 14.7. The smallest absolute Gasteiger partial charge is 0.326 e. The van der Waals surface area contributed by atoms with Gasteiger partial charge in [-0.3, -0.25) is 76.7 Å². The number of nitrogens with one attached hydrogen (secondary N) is 15. The highest BCUT2D eigenvalue weighted by Gasteiger charge is 2.40. The van der Waals surface area contributed by atoms with Gasteiger partial charge in [0.25, 0.3) is 0 Å². The highest BCUT2D eigenvalue weighted by atomic mass is 32.2. The van der Waals surface area contributed by atoms with E-state index in [1.54, 1.807) is 58.0 Å². The minimum absolute atomic E-state index is 0.000598. The molecule has 2 aromatic carbocycles. The van der Waals surface area contributed by atoms with Crippen molar-refractivity contribution < 1.29 is 102 Å². The Morgan fingerprint density at radius 2 is 0.811 bits per heavy atom. The number of aromatic hydroxyl groups is 1. The van der Waals surface area contributed by atoms with Gasteiger partial charge in [-0.1, -0.05) is 90.4 Å². The quantitative estimate of drug-likeness (QED) is 0.0217. The van der Waals surface area contributed by atoms with E-state index >= 15 is 0 Å². The van der Waals surface area contributed by atoms with Crippen LogP contribution in [-0.4, -0.2) is 275 Å². The molecule has 16 amide bonds. The molecule has 0 fully saturated rings. The fraction of sp³-hybridized carbons (Fsp3) is 0.651. The number of aliphatic hydroxyl groups is 2. The van der Waals surface area contributed by atoms with E-state index in [0.717, 1.165) is 6.92 Å². The summed E-state index contributed by atoms with van der Waals surface area (Å²) in [6, 6.07) is -8.43. The van der Waals surface area contributed by atoms with Gasteiger partial charge in [-0.05, 0) is 183 Å². The Morgan fingerprint density at radius 3 is 1.27 bits per heavy atom. The number of aliphatic hydroxyl groups excluding tert-OH is 2. The fourth-order valence-corrected chi connectivity index (χ4v) is 13.6. The molecule has 0 aromatic heterocycles. The number of aliphatic carboxylic acids is 1. The number of nitrogens with two attached hydrogens (primary N) is 6. The largest absolute Gasteiger partial charge is 0.508 e. The highest BCUT2D eigenvalue weighted by molar-refractivity contribution is 7.98. The van der Waals surface area contributed by atoms with Gasteiger partial charge in [0.2, 0.25) is 94.5 Å². The van der Waals surface area contributed by atoms with Crippen molar-refractivity contribution >= 4 is 125 Å². The van der Waals surface area contributed by atoms with Crippen molar-refractivity contribution in [2.24, 2.45) is 52.2 Å². The minimum atomic E-state index is -1.90. The van der Waals surface area contributed by atoms with Gasteiger partial charge in [-0.25, -0.2) is 4.79 Å². The first-order chi connectivity index (χ1) is 60.1. The number of thioether (sulfide) groups is 1. The van der Waals surface area contributed by atoms with Crippen LogP contribution in [0.2, 0.25) is 0 Å². The Labute approximate surface area is 751 Å². The van der Waals surface area contributed by atoms with Crippen LogP contribution < -0.4 is 114 Å². The van der Waals surface area contributed by atoms with Gasteiger partial charge in [-0.2, -0.15) is 24.4 Å². The summed E-state index contributed by atoms with van der Waals surface area (Å²) in [5, 5.41) is 79.1. The van der Waals surface area contributed by atoms with Gasteiger partial charge in [0.05, 0.1) is 31.7 Å². The number of carboxylic acids is 1. The van der Waals surface area contributed by atoms with E-state index in [4.69, 9.17) is 34.4 Å². The second-order valence-electron chi connectivity index (χ2n) is 32.0. The summed E-state index contributed by atoms with van der Waals surface area (Å²) in [6.45, 7) is 11.5. The van der Waals surface area contributed by atoms with E-state index in [0.29, 0.717) is 55.4 Å². The minimum Gasteiger partial charge on any atom is -0.508 e. The molecule has 17 atom stereocenters. The monoisotopic (exact) mass is 1830 g/mol. The summed E-state index contributed by atoms with van der Waals surface area (Å²) in [6.07, 6.45) is 1.64. The van der Waals surface area contributed by atoms with Crippen molar-refractivity contribution in [2.45, 2.75) is 268 Å². The lowest BCUT2D eigenvalue weighted by Gasteiger charge is -2.30. The molecule has 0 aliphatic heterocycles. The normalized spacial score (nSPS) is 15.3. The van der Waals surface area contributed by atoms with Crippen LogP contribution in [0.4, 0.5) is 0 Å². The van der Waals surface area contributed by atoms with Crippen LogP contribution in [0.15, 0.2) is 54.6 Å². The third kappa shape index (κ3) is 42.9. The lowest BCUT2D eigenvalue weighted by molar-refractivity contribution is -0.142. The summed E-state index contributed by atoms with van der Waals surface area (Å²) in [5.41, 5.74) is 35.6. The van der Waals surface area contributed by atoms with E-state index in [9.17, 15) is 102 Å². The van der Waals surface area contributed by atoms with Crippen LogP contribution in [-0.2, 0) is 94.3 Å². The van der Waals surface area contributed by atoms with E-state index in [-0.39, 0.29) is 114 Å². The zero-order valence-corrected chi connectivity index (χ0v) is 75.8. The van der Waals surface area contributed by atoms with Crippen LogP contribution in [0, 0.1) is 17.8 Å². The van der Waals surface area contributed by atoms with Crippen LogP contribution in [0.5, 0.6) is 5.75 Å². The molecule has 0 aliphatic rings. The van der Waals surface area contributed by atoms with Gasteiger partial charge < -0.3 is 135 Å². The molecular weight excluding hydrogens is 1690 g/mol. The molecule has 0 heterocycles. The summed E-state index contributed by atoms with van der Waals surface area (Å²) in [7, 11) is 0. The number of carboxylic acid groups (broad SMARTS) is 1. The number of benzene rings is 2. The number of rotatable bonds is 64. The second-order valence-corrected chi connectivity index (χ2v) is 33.4. The number of primary amides is 1. The number of phenols is 1. The van der Waals surface area contributed by atoms with Crippen LogP contribution in [0.25, 0.3) is 0 Å². The lowest BCUT2D eigenvalue weighted by atomic mass is 9.96. The Balaban J connectivity index is 2.46. The molecule has 127 heavy (non-hydrogen) atoms. The summed E-state index contributed by atoms with van der Waals surface area (Å²) in [5.74, 6) is -18.0. The van der Waals surface area contributed by atoms with Crippen LogP contribution >= 0.6 is 24.4 Å². The predicted octanol–water partition coefficient (Wildman–Crippen LogP) is -5.29. The maximum Gasteiger partial charge on any atom is 0.326 e. The zero-order chi connectivity index (χ0) is 95.6. The van der Waals surface area contributed by atoms with E-state index in [1.807, 2.05) is 6.26 Å². The van der Waals surface area contributed by atoms with Crippen molar-refractivity contribution in [3.8, 4) is 5.75 Å². The topological polar surface area (TPSA) is 708 Å². The summed E-state index contributed by atoms with van der Waals surface area (Å²) in [4.78, 5) is 236. The summed E-state index contributed by atoms with van der Waals surface area (Å²) >= 11 is 5.78. The van der Waals surface area contributed by atoms with Crippen LogP contribution in [0.1, 0.15) is 169 Å². The molecule has 2 rings (SSSR count). The molecule has 0 spiro atoms. The molecule has 0 saturated carbocycles. The van der Waals surface area contributed by atoms with Gasteiger partial charge in [0.15, 0.2) is 0 Å². The molecule has 44 heteroatoms. The Morgan fingerprint density at radius 1 is 0.425 bits per heavy atom. The highest BCUT2D eigenvalue weighted by Crippen LogP contribution is 2.18. The molecule has 714 valence electrons. The second kappa shape index (κ2) is 61.2. The van der Waals surface area contributed by atoms with Crippen molar-refractivity contribution in [3.63, 3.8) is 0 Å². The number of amides is 16. The molecule has 0 aliphatic carbocycles. The molecular formula is C83H139N21O21S2. The van der Waals surface area contributed by atoms with Gasteiger partial charge >= 0.3 is 5.97 Å². The molecule has 31 N–H and O–H groups in total. The van der Waals surface area contributed by atoms with Gasteiger partial charge in [-0.15, -0.1) is 0 Å². The Bertz CT molecular complexity index is 3860. The van der Waals surface area contributed by atoms with E-state index < -0.39 is 229 Å². The molecule has 2 aromatic rings. The first-order valence-corrected chi connectivity index (χ1v) is 45.0. The Hall–Kier alpha value is -10.4. The van der Waals surface area contributed by atoms with E-state index in [1.165, 1.54) is 56.8 Å². The lowest BCUT2D eigenvalue weighted by Crippen LogP contribution is -2.63. The molecule has 0 bridgehead atoms. The zero-order valence-electron chi connectivity index (χ0n) is 74.1. The Kier molecular flexibility index (Phi) is 54.3. The van der Waals surface area contributed by atoms with Crippen molar-refractivity contribution in [3.05, 3.63) is 65.7 Å². The number of unbranched alkanes of at least 4 members (excludes halogenated alkanes) is 4. The van der Waals surface area contributed by atoms with E-state index in [2.05, 4.69) is 92.4 Å². The number of thiol groups is 1. The average Bonchev–Trinajstić information content (AvgIpc) is 0.857. The third-order valence-corrected chi connectivity index (χ3v) is 21.5. The van der Waals surface area contributed by atoms with Gasteiger partial charge in [0.1, 0.15) is 90.3 Å². The molecule has 0 saturated heterocycles. The maximum absolute atomic E-state index is 14.7. The van der Waals surface area contributed by atoms with Crippen LogP contribution in [0.3, 0.4) is 0 Å². The average molecular weight is 1830 g/mol. The number of carbonyl (C=O) groups is 17. The number of hydrogen-bond acceptors (Lipinski definition) is 27. The molecule has 0 unspecified atom stereocenters. The number of phenolic OH excluding ortho intramolecular Hbond substituents is 1.